The van der Waals surface area contributed by atoms with Gasteiger partial charge in [0.25, 0.3) is 0 Å². The summed E-state index contributed by atoms with van der Waals surface area (Å²) in [5.74, 6) is 0.179. The molecule has 66 valence electrons. The molecule has 0 aromatic carbocycles. The van der Waals surface area contributed by atoms with Crippen molar-refractivity contribution in [1.29, 1.82) is 0 Å². The molecule has 3 N–H and O–H groups in total. The van der Waals surface area contributed by atoms with E-state index in [0.29, 0.717) is 0 Å². The third-order valence-corrected chi connectivity index (χ3v) is 1.59. The van der Waals surface area contributed by atoms with E-state index in [2.05, 4.69) is 4.99 Å². The van der Waals surface area contributed by atoms with Gasteiger partial charge in [-0.2, -0.15) is 0 Å². The number of aliphatic imine (C=N–C) groups is 1. The van der Waals surface area contributed by atoms with Crippen molar-refractivity contribution in [2.75, 3.05) is 7.05 Å². The lowest BCUT2D eigenvalue weighted by atomic mass is 10.2. The molecule has 0 atom stereocenters. The number of nitrogens with two attached hydrogens (primary N) is 1. The van der Waals surface area contributed by atoms with E-state index in [-0.39, 0.29) is 12.0 Å². The molecular formula is C7H17N3O. The van der Waals surface area contributed by atoms with E-state index in [0.717, 1.165) is 17.9 Å². The van der Waals surface area contributed by atoms with Gasteiger partial charge in [0.2, 0.25) is 5.96 Å². The first-order valence-electron chi connectivity index (χ1n) is 3.87. The van der Waals surface area contributed by atoms with Gasteiger partial charge in [-0.3, -0.25) is 5.21 Å². The first-order chi connectivity index (χ1) is 5.11. The van der Waals surface area contributed by atoms with E-state index < -0.39 is 0 Å². The average molecular weight is 159 g/mol. The Morgan fingerprint density at radius 2 is 2.00 bits per heavy atom. The molecule has 0 saturated heterocycles. The smallest absolute Gasteiger partial charge is 0.215 e. The fourth-order valence-corrected chi connectivity index (χ4v) is 0.742. The number of hydrogen-bond acceptors (Lipinski definition) is 2. The Balaban J connectivity index is 4.03. The number of hydrogen-bond donors (Lipinski definition) is 2. The van der Waals surface area contributed by atoms with Gasteiger partial charge in [-0.15, -0.1) is 0 Å². The molecule has 0 aromatic heterocycles. The van der Waals surface area contributed by atoms with Crippen LogP contribution in [0.3, 0.4) is 0 Å². The van der Waals surface area contributed by atoms with Gasteiger partial charge in [-0.05, 0) is 12.8 Å². The molecule has 0 aliphatic heterocycles. The molecule has 11 heavy (non-hydrogen) atoms. The van der Waals surface area contributed by atoms with E-state index in [1.54, 1.807) is 0 Å². The molecule has 0 aliphatic carbocycles. The number of nitrogens with zero attached hydrogens (tertiary/aromatic N) is 2. The molecule has 0 heterocycles. The minimum atomic E-state index is 0.179. The molecular weight excluding hydrogens is 142 g/mol. The second kappa shape index (κ2) is 4.96. The van der Waals surface area contributed by atoms with Crippen LogP contribution in [-0.4, -0.2) is 29.3 Å². The molecule has 0 radical (unpaired) electrons. The maximum absolute atomic E-state index is 8.84. The molecule has 0 aliphatic rings. The summed E-state index contributed by atoms with van der Waals surface area (Å²) in [4.78, 5) is 4.08. The van der Waals surface area contributed by atoms with Crippen LogP contribution in [0, 0.1) is 0 Å². The van der Waals surface area contributed by atoms with E-state index in [1.165, 1.54) is 7.05 Å². The quantitative estimate of drug-likeness (QED) is 0.364. The summed E-state index contributed by atoms with van der Waals surface area (Å²) in [7, 11) is 1.46. The minimum Gasteiger partial charge on any atom is -0.368 e. The Morgan fingerprint density at radius 3 is 2.27 bits per heavy atom. The van der Waals surface area contributed by atoms with Crippen molar-refractivity contribution in [3.8, 4) is 0 Å². The maximum atomic E-state index is 8.84. The Bertz CT molecular complexity index is 130. The summed E-state index contributed by atoms with van der Waals surface area (Å²) >= 11 is 0. The number of rotatable bonds is 3. The third kappa shape index (κ3) is 3.83. The van der Waals surface area contributed by atoms with Crippen LogP contribution in [0.5, 0.6) is 0 Å². The molecule has 0 unspecified atom stereocenters. The summed E-state index contributed by atoms with van der Waals surface area (Å²) in [5, 5.41) is 9.67. The highest BCUT2D eigenvalue weighted by Gasteiger charge is 2.02. The normalized spacial score (nSPS) is 12.3. The van der Waals surface area contributed by atoms with Crippen LogP contribution < -0.4 is 5.73 Å². The van der Waals surface area contributed by atoms with Gasteiger partial charge in [-0.1, -0.05) is 13.8 Å². The second-order valence-electron chi connectivity index (χ2n) is 2.48. The highest BCUT2D eigenvalue weighted by Crippen LogP contribution is 2.01. The Kier molecular flexibility index (Phi) is 4.61. The molecule has 4 nitrogen and oxygen atoms in total. The lowest BCUT2D eigenvalue weighted by Crippen LogP contribution is -2.32. The summed E-state index contributed by atoms with van der Waals surface area (Å²) in [6.07, 6.45) is 1.90. The molecule has 0 bridgehead atoms. The summed E-state index contributed by atoms with van der Waals surface area (Å²) in [5.41, 5.74) is 5.39. The zero-order valence-corrected chi connectivity index (χ0v) is 7.41. The van der Waals surface area contributed by atoms with Crippen molar-refractivity contribution in [3.63, 3.8) is 0 Å². The second-order valence-corrected chi connectivity index (χ2v) is 2.48. The van der Waals surface area contributed by atoms with Crippen LogP contribution in [0.1, 0.15) is 26.7 Å². The lowest BCUT2D eigenvalue weighted by Gasteiger charge is -2.12. The standard InChI is InChI=1S/C7H17N3O/c1-4-6(5-2)9-7(8)10(3)11/h6,11H,4-5H2,1-3H3,(H2,8,9). The molecule has 0 saturated carbocycles. The summed E-state index contributed by atoms with van der Waals surface area (Å²) in [6.45, 7) is 4.09. The maximum Gasteiger partial charge on any atom is 0.215 e. The minimum absolute atomic E-state index is 0.179. The van der Waals surface area contributed by atoms with Gasteiger partial charge < -0.3 is 5.73 Å². The molecule has 0 rings (SSSR count). The predicted octanol–water partition coefficient (Wildman–Crippen LogP) is 0.811. The van der Waals surface area contributed by atoms with Gasteiger partial charge in [0.1, 0.15) is 0 Å². The average Bonchev–Trinajstić information content (AvgIpc) is 1.99. The Morgan fingerprint density at radius 1 is 1.55 bits per heavy atom. The van der Waals surface area contributed by atoms with Gasteiger partial charge in [0.05, 0.1) is 6.04 Å². The van der Waals surface area contributed by atoms with E-state index in [1.807, 2.05) is 13.8 Å². The third-order valence-electron chi connectivity index (χ3n) is 1.59. The van der Waals surface area contributed by atoms with Gasteiger partial charge >= 0.3 is 0 Å². The van der Waals surface area contributed by atoms with Gasteiger partial charge in [0, 0.05) is 7.05 Å². The van der Waals surface area contributed by atoms with Crippen molar-refractivity contribution < 1.29 is 5.21 Å². The van der Waals surface area contributed by atoms with Crippen LogP contribution in [0.15, 0.2) is 4.99 Å². The van der Waals surface area contributed by atoms with E-state index in [4.69, 9.17) is 10.9 Å². The lowest BCUT2D eigenvalue weighted by molar-refractivity contribution is 0.0113. The van der Waals surface area contributed by atoms with Crippen LogP contribution >= 0.6 is 0 Å². The van der Waals surface area contributed by atoms with Crippen LogP contribution in [0.25, 0.3) is 0 Å². The molecule has 0 fully saturated rings. The van der Waals surface area contributed by atoms with Gasteiger partial charge in [-0.25, -0.2) is 10.1 Å². The largest absolute Gasteiger partial charge is 0.368 e. The summed E-state index contributed by atoms with van der Waals surface area (Å²) < 4.78 is 0. The van der Waals surface area contributed by atoms with Crippen molar-refractivity contribution in [1.82, 2.24) is 5.06 Å². The molecule has 0 amide bonds. The zero-order valence-electron chi connectivity index (χ0n) is 7.41. The van der Waals surface area contributed by atoms with Crippen molar-refractivity contribution >= 4 is 5.96 Å². The fourth-order valence-electron chi connectivity index (χ4n) is 0.742. The highest BCUT2D eigenvalue weighted by molar-refractivity contribution is 5.76. The van der Waals surface area contributed by atoms with Crippen LogP contribution in [-0.2, 0) is 0 Å². The van der Waals surface area contributed by atoms with Crippen molar-refractivity contribution in [2.45, 2.75) is 32.7 Å². The first-order valence-corrected chi connectivity index (χ1v) is 3.87. The number of guanidine groups is 1. The summed E-state index contributed by atoms with van der Waals surface area (Å²) in [6, 6.07) is 0.226. The van der Waals surface area contributed by atoms with Crippen molar-refractivity contribution in [2.24, 2.45) is 10.7 Å². The van der Waals surface area contributed by atoms with E-state index in [9.17, 15) is 0 Å². The Labute approximate surface area is 67.7 Å². The van der Waals surface area contributed by atoms with Crippen LogP contribution in [0.4, 0.5) is 0 Å². The first kappa shape index (κ1) is 10.2. The number of hydroxylamine groups is 2. The monoisotopic (exact) mass is 159 g/mol. The Hall–Kier alpha value is -0.770. The highest BCUT2D eigenvalue weighted by atomic mass is 16.5. The predicted molar refractivity (Wildman–Crippen MR) is 45.5 cm³/mol. The SMILES string of the molecule is CCC(CC)/N=C(\N)N(C)O. The van der Waals surface area contributed by atoms with Gasteiger partial charge in [0.15, 0.2) is 0 Å². The molecule has 0 aromatic rings. The van der Waals surface area contributed by atoms with Crippen molar-refractivity contribution in [3.05, 3.63) is 0 Å². The molecule has 4 heteroatoms. The molecule has 0 spiro atoms. The fraction of sp³-hybridized carbons (Fsp3) is 0.857. The zero-order chi connectivity index (χ0) is 8.85. The topological polar surface area (TPSA) is 61.8 Å². The van der Waals surface area contributed by atoms with Crippen LogP contribution in [0.2, 0.25) is 0 Å². The van der Waals surface area contributed by atoms with E-state index >= 15 is 0 Å².